The third-order valence-electron chi connectivity index (χ3n) is 7.38. The van der Waals surface area contributed by atoms with Gasteiger partial charge in [-0.3, -0.25) is 5.32 Å². The van der Waals surface area contributed by atoms with Gasteiger partial charge in [0.05, 0.1) is 10.6 Å². The van der Waals surface area contributed by atoms with E-state index in [2.05, 4.69) is 52.9 Å². The Labute approximate surface area is 241 Å². The first-order valence-corrected chi connectivity index (χ1v) is 15.1. The number of rotatable bonds is 2. The van der Waals surface area contributed by atoms with Crippen LogP contribution in [0.5, 0.6) is 5.88 Å². The van der Waals surface area contributed by atoms with Crippen molar-refractivity contribution in [3.05, 3.63) is 101 Å². The first-order valence-electron chi connectivity index (χ1n) is 13.6. The molecule has 8 nitrogen and oxygen atoms in total. The van der Waals surface area contributed by atoms with Crippen LogP contribution in [-0.2, 0) is 15.4 Å². The van der Waals surface area contributed by atoms with Crippen molar-refractivity contribution >= 4 is 16.0 Å². The molecule has 0 saturated heterocycles. The van der Waals surface area contributed by atoms with Gasteiger partial charge in [-0.1, -0.05) is 75.4 Å². The van der Waals surface area contributed by atoms with Gasteiger partial charge in [0.15, 0.2) is 0 Å². The van der Waals surface area contributed by atoms with Crippen LogP contribution in [0.4, 0.5) is 5.95 Å². The number of nitrogens with zero attached hydrogens (tertiary/aromatic N) is 2. The predicted octanol–water partition coefficient (Wildman–Crippen LogP) is 5.96. The molecular weight excluding hydrogens is 536 g/mol. The lowest BCUT2D eigenvalue weighted by molar-refractivity contribution is 0.0799. The van der Waals surface area contributed by atoms with E-state index in [-0.39, 0.29) is 22.1 Å². The Hall–Kier alpha value is -3.79. The van der Waals surface area contributed by atoms with Crippen LogP contribution in [0.25, 0.3) is 11.3 Å². The number of hydrogen-bond donors (Lipinski definition) is 3. The summed E-state index contributed by atoms with van der Waals surface area (Å²) in [7, 11) is -4.07. The molecule has 3 N–H and O–H groups in total. The van der Waals surface area contributed by atoms with Gasteiger partial charge in [-0.2, -0.15) is 4.98 Å². The maximum atomic E-state index is 13.4. The maximum absolute atomic E-state index is 13.4. The molecule has 0 aliphatic carbocycles. The van der Waals surface area contributed by atoms with E-state index in [0.717, 1.165) is 22.3 Å². The fraction of sp³-hybridized carbons (Fsp3) is 0.312. The minimum Gasteiger partial charge on any atom is -0.468 e. The quantitative estimate of drug-likeness (QED) is 0.272. The van der Waals surface area contributed by atoms with E-state index in [0.29, 0.717) is 11.3 Å². The topological polar surface area (TPSA) is 113 Å². The molecule has 1 unspecified atom stereocenters. The summed E-state index contributed by atoms with van der Waals surface area (Å²) in [6.45, 7) is 12.4. The molecule has 0 saturated carbocycles. The van der Waals surface area contributed by atoms with Crippen LogP contribution in [0.1, 0.15) is 67.8 Å². The molecule has 1 aromatic heterocycles. The molecule has 1 aliphatic rings. The smallest absolute Gasteiger partial charge is 0.264 e. The summed E-state index contributed by atoms with van der Waals surface area (Å²) in [5.74, 6) is 0.0992. The van der Waals surface area contributed by atoms with Crippen LogP contribution in [0.2, 0.25) is 0 Å². The fourth-order valence-corrected chi connectivity index (χ4v) is 6.10. The Morgan fingerprint density at radius 3 is 2.20 bits per heavy atom. The van der Waals surface area contributed by atoms with Crippen LogP contribution in [0, 0.1) is 13.8 Å². The predicted molar refractivity (Wildman–Crippen MR) is 160 cm³/mol. The Morgan fingerprint density at radius 1 is 0.878 bits per heavy atom. The molecular formula is C32H36N4O4S. The van der Waals surface area contributed by atoms with E-state index in [9.17, 15) is 13.5 Å². The summed E-state index contributed by atoms with van der Waals surface area (Å²) >= 11 is 0. The van der Waals surface area contributed by atoms with Crippen LogP contribution >= 0.6 is 0 Å². The highest BCUT2D eigenvalue weighted by Crippen LogP contribution is 2.33. The number of nitrogens with one attached hydrogen (secondary N) is 2. The monoisotopic (exact) mass is 572 g/mol. The van der Waals surface area contributed by atoms with Gasteiger partial charge in [0.1, 0.15) is 12.3 Å². The summed E-state index contributed by atoms with van der Waals surface area (Å²) < 4.78 is 35.9. The average Bonchev–Trinajstić information content (AvgIpc) is 2.90. The lowest BCUT2D eigenvalue weighted by atomic mass is 9.86. The van der Waals surface area contributed by atoms with E-state index in [4.69, 9.17) is 4.74 Å². The zero-order chi connectivity index (χ0) is 29.5. The van der Waals surface area contributed by atoms with Gasteiger partial charge in [0.25, 0.3) is 10.0 Å². The zero-order valence-electron chi connectivity index (χ0n) is 24.1. The van der Waals surface area contributed by atoms with Crippen LogP contribution in [0.3, 0.4) is 0 Å². The summed E-state index contributed by atoms with van der Waals surface area (Å²) in [6, 6.07) is 21.6. The third kappa shape index (κ3) is 6.12. The minimum absolute atomic E-state index is 0.0133. The molecule has 3 atom stereocenters. The Kier molecular flexibility index (Phi) is 7.63. The second kappa shape index (κ2) is 10.9. The number of aryl methyl sites for hydroxylation is 2. The normalized spacial score (nSPS) is 20.5. The molecule has 5 rings (SSSR count). The van der Waals surface area contributed by atoms with Crippen LogP contribution in [0.15, 0.2) is 77.7 Å². The van der Waals surface area contributed by atoms with Crippen LogP contribution in [-0.4, -0.2) is 29.5 Å². The van der Waals surface area contributed by atoms with E-state index in [1.54, 1.807) is 18.2 Å². The molecule has 4 aromatic rings. The van der Waals surface area contributed by atoms with Gasteiger partial charge in [0.2, 0.25) is 11.8 Å². The molecule has 0 spiro atoms. The number of ether oxygens (including phenoxy) is 1. The number of sulfonamides is 1. The van der Waals surface area contributed by atoms with E-state index < -0.39 is 28.4 Å². The molecule has 214 valence electrons. The Balaban J connectivity index is 1.69. The molecule has 1 aliphatic heterocycles. The van der Waals surface area contributed by atoms with Gasteiger partial charge in [-0.15, -0.1) is 0 Å². The Bertz CT molecular complexity index is 1660. The highest BCUT2D eigenvalue weighted by atomic mass is 32.2. The zero-order valence-corrected chi connectivity index (χ0v) is 25.0. The van der Waals surface area contributed by atoms with E-state index >= 15 is 0 Å². The highest BCUT2D eigenvalue weighted by Gasteiger charge is 2.28. The van der Waals surface area contributed by atoms with Crippen molar-refractivity contribution in [3.8, 4) is 17.1 Å². The van der Waals surface area contributed by atoms with Crippen molar-refractivity contribution in [1.82, 2.24) is 15.3 Å². The highest BCUT2D eigenvalue weighted by molar-refractivity contribution is 7.92. The van der Waals surface area contributed by atoms with Crippen molar-refractivity contribution in [2.45, 2.75) is 70.2 Å². The first-order chi connectivity index (χ1) is 19.3. The van der Waals surface area contributed by atoms with Crippen molar-refractivity contribution in [2.24, 2.45) is 0 Å². The van der Waals surface area contributed by atoms with Gasteiger partial charge >= 0.3 is 0 Å². The second-order valence-corrected chi connectivity index (χ2v) is 13.3. The summed E-state index contributed by atoms with van der Waals surface area (Å²) in [5.41, 5.74) is 5.83. The van der Waals surface area contributed by atoms with Gasteiger partial charge in [-0.05, 0) is 66.1 Å². The second-order valence-electron chi connectivity index (χ2n) is 11.6. The SMILES string of the molecule is Cc1cccc(C)c1-c1cc2nc(n1)NS(=O)(=O)c1cccc(c1)C(O)N[C@H](C)[C@H](c1ccc(C(C)(C)C)cc1)O2. The van der Waals surface area contributed by atoms with Crippen molar-refractivity contribution < 1.29 is 18.3 Å². The average molecular weight is 573 g/mol. The molecule has 4 bridgehead atoms. The van der Waals surface area contributed by atoms with Gasteiger partial charge in [-0.25, -0.2) is 18.1 Å². The van der Waals surface area contributed by atoms with Crippen molar-refractivity contribution in [3.63, 3.8) is 0 Å². The number of aliphatic hydroxyl groups excluding tert-OH is 1. The lowest BCUT2D eigenvalue weighted by Gasteiger charge is -2.29. The van der Waals surface area contributed by atoms with Crippen molar-refractivity contribution in [1.29, 1.82) is 0 Å². The first kappa shape index (κ1) is 28.7. The molecule has 2 heterocycles. The number of fused-ring (bicyclic) bond motifs is 4. The summed E-state index contributed by atoms with van der Waals surface area (Å²) in [6.07, 6.45) is -1.71. The number of benzene rings is 3. The number of anilines is 1. The maximum Gasteiger partial charge on any atom is 0.264 e. The third-order valence-corrected chi connectivity index (χ3v) is 8.70. The Morgan fingerprint density at radius 2 is 1.54 bits per heavy atom. The summed E-state index contributed by atoms with van der Waals surface area (Å²) in [5, 5.41) is 14.3. The van der Waals surface area contributed by atoms with Crippen molar-refractivity contribution in [2.75, 3.05) is 4.72 Å². The number of hydrogen-bond acceptors (Lipinski definition) is 7. The van der Waals surface area contributed by atoms with E-state index in [1.165, 1.54) is 17.7 Å². The molecule has 41 heavy (non-hydrogen) atoms. The summed E-state index contributed by atoms with van der Waals surface area (Å²) in [4.78, 5) is 9.08. The molecule has 9 heteroatoms. The molecule has 0 amide bonds. The molecule has 0 radical (unpaired) electrons. The molecule has 3 aromatic carbocycles. The largest absolute Gasteiger partial charge is 0.468 e. The van der Waals surface area contributed by atoms with Gasteiger partial charge in [0, 0.05) is 17.7 Å². The lowest BCUT2D eigenvalue weighted by Crippen LogP contribution is -2.37. The van der Waals surface area contributed by atoms with E-state index in [1.807, 2.05) is 51.1 Å². The molecule has 0 fully saturated rings. The van der Waals surface area contributed by atoms with Gasteiger partial charge < -0.3 is 9.84 Å². The number of aliphatic hydroxyl groups is 1. The fourth-order valence-electron chi connectivity index (χ4n) is 5.10. The number of aromatic nitrogens is 2. The standard InChI is InChI=1S/C32H36N4O4S/c1-19-9-7-10-20(2)28(19)26-18-27-35-31(34-26)36-41(38,39)25-12-8-11-23(17-25)30(37)33-21(3)29(40-27)22-13-15-24(16-14-22)32(4,5)6/h7-18,21,29-30,33,37H,1-6H3,(H,34,35,36)/t21-,29-,30?/m1/s1. The minimum atomic E-state index is -4.07. The van der Waals surface area contributed by atoms with Crippen LogP contribution < -0.4 is 14.8 Å².